The Kier molecular flexibility index (Phi) is 4.27. The van der Waals surface area contributed by atoms with Crippen LogP contribution in [0.3, 0.4) is 0 Å². The fraction of sp³-hybridized carbons (Fsp3) is 0. The lowest BCUT2D eigenvalue weighted by molar-refractivity contribution is 0.215. The average molecular weight is 378 g/mol. The van der Waals surface area contributed by atoms with Gasteiger partial charge in [0.25, 0.3) is 0 Å². The van der Waals surface area contributed by atoms with Crippen LogP contribution in [0.15, 0.2) is 59.2 Å². The molecule has 0 saturated carbocycles. The molecule has 22 heavy (non-hydrogen) atoms. The second kappa shape index (κ2) is 6.34. The van der Waals surface area contributed by atoms with E-state index in [1.807, 2.05) is 18.2 Å². The van der Waals surface area contributed by atoms with E-state index in [1.165, 1.54) is 0 Å². The van der Waals surface area contributed by atoms with Crippen molar-refractivity contribution in [1.82, 2.24) is 4.98 Å². The molecule has 0 aliphatic heterocycles. The lowest BCUT2D eigenvalue weighted by Gasteiger charge is -2.09. The number of nitrogens with one attached hydrogen (secondary N) is 1. The van der Waals surface area contributed by atoms with Gasteiger partial charge in [0.05, 0.1) is 5.02 Å². The number of hydrogen-bond donors (Lipinski definition) is 1. The van der Waals surface area contributed by atoms with Crippen LogP contribution in [-0.2, 0) is 0 Å². The summed E-state index contributed by atoms with van der Waals surface area (Å²) >= 11 is 9.44. The van der Waals surface area contributed by atoms with Gasteiger partial charge in [0.1, 0.15) is 5.52 Å². The number of benzene rings is 2. The number of rotatable bonds is 2. The smallest absolute Gasteiger partial charge is 0.408 e. The van der Waals surface area contributed by atoms with Crippen LogP contribution in [0.5, 0.6) is 5.75 Å². The van der Waals surface area contributed by atoms with Gasteiger partial charge < -0.3 is 4.74 Å². The number of ether oxygens (including phenoxy) is 1. The Morgan fingerprint density at radius 1 is 1.14 bits per heavy atom. The summed E-state index contributed by atoms with van der Waals surface area (Å²) in [5, 5.41) is 3.95. The van der Waals surface area contributed by atoms with E-state index < -0.39 is 6.09 Å². The lowest BCUT2D eigenvalue weighted by Crippen LogP contribution is -2.16. The molecule has 0 aliphatic carbocycles. The van der Waals surface area contributed by atoms with Crippen molar-refractivity contribution < 1.29 is 9.53 Å². The van der Waals surface area contributed by atoms with Gasteiger partial charge in [0, 0.05) is 21.7 Å². The SMILES string of the molecule is O=C(Nc1ccc(Br)cc1)Oc1ccc(Cl)c2cccnc12. The highest BCUT2D eigenvalue weighted by molar-refractivity contribution is 9.10. The summed E-state index contributed by atoms with van der Waals surface area (Å²) in [6, 6.07) is 14.1. The van der Waals surface area contributed by atoms with E-state index in [2.05, 4.69) is 26.2 Å². The zero-order valence-electron chi connectivity index (χ0n) is 11.2. The number of carbonyl (C=O) groups excluding carboxylic acids is 1. The highest BCUT2D eigenvalue weighted by atomic mass is 79.9. The molecule has 1 N–H and O–H groups in total. The van der Waals surface area contributed by atoms with E-state index in [0.29, 0.717) is 22.0 Å². The zero-order chi connectivity index (χ0) is 15.5. The topological polar surface area (TPSA) is 51.2 Å². The quantitative estimate of drug-likeness (QED) is 0.662. The highest BCUT2D eigenvalue weighted by Crippen LogP contribution is 2.29. The normalized spacial score (nSPS) is 10.5. The molecule has 1 aromatic heterocycles. The second-order valence-corrected chi connectivity index (χ2v) is 5.79. The maximum atomic E-state index is 12.0. The standard InChI is InChI=1S/C16H10BrClN2O2/c17-10-3-5-11(6-4-10)20-16(21)22-14-8-7-13(18)12-2-1-9-19-15(12)14/h1-9H,(H,20,21). The molecule has 0 radical (unpaired) electrons. The Morgan fingerprint density at radius 2 is 1.91 bits per heavy atom. The number of carbonyl (C=O) groups is 1. The Hall–Kier alpha value is -2.11. The van der Waals surface area contributed by atoms with E-state index in [-0.39, 0.29) is 0 Å². The number of fused-ring (bicyclic) bond motifs is 1. The Morgan fingerprint density at radius 3 is 2.68 bits per heavy atom. The predicted octanol–water partition coefficient (Wildman–Crippen LogP) is 5.26. The lowest BCUT2D eigenvalue weighted by atomic mass is 10.2. The third kappa shape index (κ3) is 3.21. The first-order chi connectivity index (χ1) is 10.6. The summed E-state index contributed by atoms with van der Waals surface area (Å²) < 4.78 is 6.26. The summed E-state index contributed by atoms with van der Waals surface area (Å²) in [4.78, 5) is 16.2. The van der Waals surface area contributed by atoms with Crippen LogP contribution >= 0.6 is 27.5 Å². The third-order valence-corrected chi connectivity index (χ3v) is 3.83. The molecule has 0 aliphatic rings. The van der Waals surface area contributed by atoms with Gasteiger partial charge in [0.15, 0.2) is 5.75 Å². The minimum atomic E-state index is -0.586. The van der Waals surface area contributed by atoms with Gasteiger partial charge in [-0.15, -0.1) is 0 Å². The van der Waals surface area contributed by atoms with Crippen LogP contribution in [0, 0.1) is 0 Å². The van der Waals surface area contributed by atoms with Crippen LogP contribution in [0.1, 0.15) is 0 Å². The van der Waals surface area contributed by atoms with Crippen molar-refractivity contribution in [3.63, 3.8) is 0 Å². The zero-order valence-corrected chi connectivity index (χ0v) is 13.6. The van der Waals surface area contributed by atoms with Gasteiger partial charge in [-0.3, -0.25) is 10.3 Å². The Labute approximate surface area is 140 Å². The minimum Gasteiger partial charge on any atom is -0.408 e. The Balaban J connectivity index is 1.82. The van der Waals surface area contributed by atoms with Crippen molar-refractivity contribution in [2.75, 3.05) is 5.32 Å². The molecular formula is C16H10BrClN2O2. The molecule has 110 valence electrons. The van der Waals surface area contributed by atoms with Crippen molar-refractivity contribution in [2.24, 2.45) is 0 Å². The molecule has 1 heterocycles. The highest BCUT2D eigenvalue weighted by Gasteiger charge is 2.11. The van der Waals surface area contributed by atoms with Gasteiger partial charge in [-0.2, -0.15) is 0 Å². The molecule has 3 aromatic rings. The number of pyridine rings is 1. The molecular weight excluding hydrogens is 368 g/mol. The molecule has 0 bridgehead atoms. The second-order valence-electron chi connectivity index (χ2n) is 4.47. The van der Waals surface area contributed by atoms with Crippen molar-refractivity contribution >= 4 is 50.2 Å². The summed E-state index contributed by atoms with van der Waals surface area (Å²) in [6.07, 6.45) is 1.04. The molecule has 0 saturated heterocycles. The minimum absolute atomic E-state index is 0.356. The van der Waals surface area contributed by atoms with Crippen molar-refractivity contribution in [3.05, 3.63) is 64.2 Å². The van der Waals surface area contributed by atoms with Crippen LogP contribution in [0.25, 0.3) is 10.9 Å². The monoisotopic (exact) mass is 376 g/mol. The first-order valence-corrected chi connectivity index (χ1v) is 7.58. The first kappa shape index (κ1) is 14.8. The Bertz CT molecular complexity index is 837. The van der Waals surface area contributed by atoms with Gasteiger partial charge in [-0.25, -0.2) is 4.79 Å². The molecule has 1 amide bonds. The van der Waals surface area contributed by atoms with E-state index in [1.54, 1.807) is 36.5 Å². The predicted molar refractivity (Wildman–Crippen MR) is 90.5 cm³/mol. The fourth-order valence-electron chi connectivity index (χ4n) is 1.97. The summed E-state index contributed by atoms with van der Waals surface area (Å²) in [6.45, 7) is 0. The largest absolute Gasteiger partial charge is 0.417 e. The van der Waals surface area contributed by atoms with Gasteiger partial charge in [-0.05, 0) is 48.5 Å². The molecule has 0 atom stereocenters. The molecule has 6 heteroatoms. The maximum Gasteiger partial charge on any atom is 0.417 e. The summed E-state index contributed by atoms with van der Waals surface area (Å²) in [7, 11) is 0. The van der Waals surface area contributed by atoms with Crippen LogP contribution < -0.4 is 10.1 Å². The van der Waals surface area contributed by atoms with Gasteiger partial charge in [-0.1, -0.05) is 27.5 Å². The van der Waals surface area contributed by atoms with Gasteiger partial charge >= 0.3 is 6.09 Å². The van der Waals surface area contributed by atoms with E-state index in [9.17, 15) is 4.79 Å². The number of aromatic nitrogens is 1. The number of nitrogens with zero attached hydrogens (tertiary/aromatic N) is 1. The summed E-state index contributed by atoms with van der Waals surface area (Å²) in [5.74, 6) is 0.356. The van der Waals surface area contributed by atoms with Crippen molar-refractivity contribution in [3.8, 4) is 5.75 Å². The molecule has 3 rings (SSSR count). The fourth-order valence-corrected chi connectivity index (χ4v) is 2.45. The van der Waals surface area contributed by atoms with Crippen LogP contribution in [0.4, 0.5) is 10.5 Å². The third-order valence-electron chi connectivity index (χ3n) is 2.97. The molecule has 0 spiro atoms. The van der Waals surface area contributed by atoms with Gasteiger partial charge in [0.2, 0.25) is 0 Å². The first-order valence-electron chi connectivity index (χ1n) is 6.41. The van der Waals surface area contributed by atoms with Crippen molar-refractivity contribution in [1.29, 1.82) is 0 Å². The average Bonchev–Trinajstić information content (AvgIpc) is 2.53. The van der Waals surface area contributed by atoms with Crippen LogP contribution in [0.2, 0.25) is 5.02 Å². The summed E-state index contributed by atoms with van der Waals surface area (Å²) in [5.41, 5.74) is 1.18. The molecule has 0 fully saturated rings. The number of hydrogen-bond acceptors (Lipinski definition) is 3. The van der Waals surface area contributed by atoms with Crippen LogP contribution in [-0.4, -0.2) is 11.1 Å². The van der Waals surface area contributed by atoms with E-state index in [0.717, 1.165) is 9.86 Å². The molecule has 4 nitrogen and oxygen atoms in total. The number of amides is 1. The molecule has 2 aromatic carbocycles. The van der Waals surface area contributed by atoms with Crippen molar-refractivity contribution in [2.45, 2.75) is 0 Å². The van der Waals surface area contributed by atoms with E-state index in [4.69, 9.17) is 16.3 Å². The maximum absolute atomic E-state index is 12.0. The number of halogens is 2. The molecule has 0 unspecified atom stereocenters. The van der Waals surface area contributed by atoms with E-state index >= 15 is 0 Å². The number of anilines is 1.